The predicted octanol–water partition coefficient (Wildman–Crippen LogP) is 1.19. The fourth-order valence-electron chi connectivity index (χ4n) is 1.80. The molecule has 0 saturated heterocycles. The molecule has 0 aromatic heterocycles. The van der Waals surface area contributed by atoms with E-state index in [1.807, 2.05) is 18.2 Å². The van der Waals surface area contributed by atoms with Crippen molar-refractivity contribution in [1.29, 1.82) is 5.26 Å². The van der Waals surface area contributed by atoms with Gasteiger partial charge < -0.3 is 15.4 Å². The first-order valence-electron chi connectivity index (χ1n) is 5.35. The highest BCUT2D eigenvalue weighted by Gasteiger charge is 2.18. The lowest BCUT2D eigenvalue weighted by Crippen LogP contribution is -2.26. The molecule has 1 unspecified atom stereocenters. The standard InChI is InChI=1S/C12H13N3O2/c1-14-9(4-5-13)8-2-3-11-10(6-8)15-12(16)7-17-11/h2-3,6,9,14H,4,7H2,1H3,(H,15,16). The number of hydrogen-bond donors (Lipinski definition) is 2. The van der Waals surface area contributed by atoms with E-state index in [0.717, 1.165) is 5.56 Å². The summed E-state index contributed by atoms with van der Waals surface area (Å²) in [6.45, 7) is 0.0556. The predicted molar refractivity (Wildman–Crippen MR) is 62.6 cm³/mol. The van der Waals surface area contributed by atoms with Crippen LogP contribution in [-0.2, 0) is 4.79 Å². The van der Waals surface area contributed by atoms with Gasteiger partial charge in [0, 0.05) is 6.04 Å². The van der Waals surface area contributed by atoms with E-state index in [4.69, 9.17) is 10.00 Å². The molecule has 0 spiro atoms. The number of amides is 1. The Kier molecular flexibility index (Phi) is 3.26. The summed E-state index contributed by atoms with van der Waals surface area (Å²) in [5, 5.41) is 14.5. The van der Waals surface area contributed by atoms with Crippen LogP contribution in [0.5, 0.6) is 5.75 Å². The van der Waals surface area contributed by atoms with E-state index in [-0.39, 0.29) is 18.6 Å². The van der Waals surface area contributed by atoms with Crippen LogP contribution in [0.15, 0.2) is 18.2 Å². The minimum absolute atomic E-state index is 0.0378. The van der Waals surface area contributed by atoms with Gasteiger partial charge >= 0.3 is 0 Å². The van der Waals surface area contributed by atoms with Gasteiger partial charge in [0.05, 0.1) is 18.2 Å². The van der Waals surface area contributed by atoms with Gasteiger partial charge in [-0.1, -0.05) is 6.07 Å². The molecule has 2 N–H and O–H groups in total. The van der Waals surface area contributed by atoms with Gasteiger partial charge in [-0.3, -0.25) is 4.79 Å². The number of nitrogens with zero attached hydrogens (tertiary/aromatic N) is 1. The summed E-state index contributed by atoms with van der Waals surface area (Å²) in [7, 11) is 1.80. The summed E-state index contributed by atoms with van der Waals surface area (Å²) in [6.07, 6.45) is 0.379. The Labute approximate surface area is 99.4 Å². The van der Waals surface area contributed by atoms with Crippen molar-refractivity contribution in [3.05, 3.63) is 23.8 Å². The van der Waals surface area contributed by atoms with Crippen LogP contribution >= 0.6 is 0 Å². The number of hydrogen-bond acceptors (Lipinski definition) is 4. The zero-order chi connectivity index (χ0) is 12.3. The van der Waals surface area contributed by atoms with Gasteiger partial charge in [0.2, 0.25) is 0 Å². The maximum absolute atomic E-state index is 11.2. The molecule has 1 atom stereocenters. The van der Waals surface area contributed by atoms with E-state index in [9.17, 15) is 4.79 Å². The van der Waals surface area contributed by atoms with Gasteiger partial charge in [-0.05, 0) is 24.7 Å². The molecular weight excluding hydrogens is 218 g/mol. The van der Waals surface area contributed by atoms with Crippen molar-refractivity contribution < 1.29 is 9.53 Å². The summed E-state index contributed by atoms with van der Waals surface area (Å²) < 4.78 is 5.27. The number of nitrogens with one attached hydrogen (secondary N) is 2. The maximum atomic E-state index is 11.2. The van der Waals surface area contributed by atoms with Crippen molar-refractivity contribution in [3.63, 3.8) is 0 Å². The molecule has 5 nitrogen and oxygen atoms in total. The largest absolute Gasteiger partial charge is 0.482 e. The Bertz CT molecular complexity index is 479. The first-order valence-corrected chi connectivity index (χ1v) is 5.35. The first kappa shape index (κ1) is 11.4. The second-order valence-corrected chi connectivity index (χ2v) is 3.80. The molecule has 0 saturated carbocycles. The first-order chi connectivity index (χ1) is 8.24. The number of anilines is 1. The molecule has 0 fully saturated rings. The Hall–Kier alpha value is -2.06. The van der Waals surface area contributed by atoms with Crippen LogP contribution in [0.3, 0.4) is 0 Å². The summed E-state index contributed by atoms with van der Waals surface area (Å²) in [5.74, 6) is 0.510. The molecule has 1 aromatic carbocycles. The van der Waals surface area contributed by atoms with Crippen LogP contribution in [0.2, 0.25) is 0 Å². The minimum Gasteiger partial charge on any atom is -0.482 e. The van der Waals surface area contributed by atoms with Crippen molar-refractivity contribution >= 4 is 11.6 Å². The molecule has 0 bridgehead atoms. The maximum Gasteiger partial charge on any atom is 0.262 e. The average molecular weight is 231 g/mol. The molecule has 1 aliphatic rings. The van der Waals surface area contributed by atoms with Crippen molar-refractivity contribution in [2.24, 2.45) is 0 Å². The van der Waals surface area contributed by atoms with Gasteiger partial charge in [0.15, 0.2) is 6.61 Å². The molecule has 17 heavy (non-hydrogen) atoms. The second kappa shape index (κ2) is 4.85. The summed E-state index contributed by atoms with van der Waals surface area (Å²) in [5.41, 5.74) is 1.62. The Morgan fingerprint density at radius 2 is 2.47 bits per heavy atom. The molecule has 1 amide bonds. The van der Waals surface area contributed by atoms with E-state index in [1.165, 1.54) is 0 Å². The molecule has 1 aliphatic heterocycles. The van der Waals surface area contributed by atoms with Gasteiger partial charge in [-0.2, -0.15) is 5.26 Å². The smallest absolute Gasteiger partial charge is 0.262 e. The lowest BCUT2D eigenvalue weighted by molar-refractivity contribution is -0.118. The highest BCUT2D eigenvalue weighted by Crippen LogP contribution is 2.31. The average Bonchev–Trinajstić information content (AvgIpc) is 2.35. The van der Waals surface area contributed by atoms with Gasteiger partial charge in [0.25, 0.3) is 5.91 Å². The molecule has 2 rings (SSSR count). The second-order valence-electron chi connectivity index (χ2n) is 3.80. The lowest BCUT2D eigenvalue weighted by atomic mass is 10.0. The van der Waals surface area contributed by atoms with E-state index in [0.29, 0.717) is 17.9 Å². The Balaban J connectivity index is 2.29. The minimum atomic E-state index is -0.157. The van der Waals surface area contributed by atoms with Gasteiger partial charge in [-0.25, -0.2) is 0 Å². The summed E-state index contributed by atoms with van der Waals surface area (Å²) >= 11 is 0. The van der Waals surface area contributed by atoms with E-state index >= 15 is 0 Å². The Morgan fingerprint density at radius 1 is 1.65 bits per heavy atom. The molecule has 1 heterocycles. The monoisotopic (exact) mass is 231 g/mol. The van der Waals surface area contributed by atoms with Crippen LogP contribution in [0, 0.1) is 11.3 Å². The third kappa shape index (κ3) is 2.37. The lowest BCUT2D eigenvalue weighted by Gasteiger charge is -2.20. The van der Waals surface area contributed by atoms with Crippen LogP contribution < -0.4 is 15.4 Å². The highest BCUT2D eigenvalue weighted by molar-refractivity contribution is 5.95. The highest BCUT2D eigenvalue weighted by atomic mass is 16.5. The quantitative estimate of drug-likeness (QED) is 0.819. The van der Waals surface area contributed by atoms with Crippen molar-refractivity contribution in [2.45, 2.75) is 12.5 Å². The van der Waals surface area contributed by atoms with E-state index in [1.54, 1.807) is 7.05 Å². The fraction of sp³-hybridized carbons (Fsp3) is 0.333. The molecule has 1 aromatic rings. The number of benzene rings is 1. The number of rotatable bonds is 3. The zero-order valence-electron chi connectivity index (χ0n) is 9.49. The number of ether oxygens (including phenoxy) is 1. The van der Waals surface area contributed by atoms with E-state index in [2.05, 4.69) is 16.7 Å². The van der Waals surface area contributed by atoms with Crippen LogP contribution in [0.1, 0.15) is 18.0 Å². The summed E-state index contributed by atoms with van der Waals surface area (Å²) in [6, 6.07) is 7.63. The SMILES string of the molecule is CNC(CC#N)c1ccc2c(c1)NC(=O)CO2. The molecule has 0 aliphatic carbocycles. The van der Waals surface area contributed by atoms with Crippen LogP contribution in [0.25, 0.3) is 0 Å². The van der Waals surface area contributed by atoms with Crippen molar-refractivity contribution in [1.82, 2.24) is 5.32 Å². The number of nitriles is 1. The van der Waals surface area contributed by atoms with Gasteiger partial charge in [-0.15, -0.1) is 0 Å². The summed E-state index contributed by atoms with van der Waals surface area (Å²) in [4.78, 5) is 11.2. The molecule has 5 heteroatoms. The normalized spacial score (nSPS) is 15.2. The van der Waals surface area contributed by atoms with Crippen LogP contribution in [-0.4, -0.2) is 19.6 Å². The van der Waals surface area contributed by atoms with Crippen molar-refractivity contribution in [3.8, 4) is 11.8 Å². The van der Waals surface area contributed by atoms with E-state index < -0.39 is 0 Å². The zero-order valence-corrected chi connectivity index (χ0v) is 9.49. The van der Waals surface area contributed by atoms with Gasteiger partial charge in [0.1, 0.15) is 5.75 Å². The topological polar surface area (TPSA) is 74.2 Å². The Morgan fingerprint density at radius 3 is 3.18 bits per heavy atom. The number of carbonyl (C=O) groups is 1. The number of fused-ring (bicyclic) bond motifs is 1. The number of carbonyl (C=O) groups excluding carboxylic acids is 1. The van der Waals surface area contributed by atoms with Crippen LogP contribution in [0.4, 0.5) is 5.69 Å². The molecule has 0 radical (unpaired) electrons. The third-order valence-electron chi connectivity index (χ3n) is 2.68. The molecular formula is C12H13N3O2. The fourth-order valence-corrected chi connectivity index (χ4v) is 1.80. The third-order valence-corrected chi connectivity index (χ3v) is 2.68. The molecule has 88 valence electrons. The van der Waals surface area contributed by atoms with Crippen molar-refractivity contribution in [2.75, 3.05) is 19.0 Å².